The number of thiophene rings is 1. The van der Waals surface area contributed by atoms with Gasteiger partial charge in [-0.15, -0.1) is 11.3 Å². The van der Waals surface area contributed by atoms with Crippen molar-refractivity contribution in [3.05, 3.63) is 106 Å². The number of amides is 1. The second-order valence-electron chi connectivity index (χ2n) is 13.0. The number of nitrogens with one attached hydrogen (secondary N) is 1. The quantitative estimate of drug-likeness (QED) is 0.179. The second-order valence-corrected chi connectivity index (χ2v) is 18.3. The first kappa shape index (κ1) is 32.1. The van der Waals surface area contributed by atoms with E-state index in [4.69, 9.17) is 13.7 Å². The zero-order valence-electron chi connectivity index (χ0n) is 26.9. The molecule has 2 aromatic heterocycles. The molecule has 2 atom stereocenters. The van der Waals surface area contributed by atoms with E-state index in [2.05, 4.69) is 55.5 Å². The molecule has 0 spiro atoms. The van der Waals surface area contributed by atoms with Gasteiger partial charge in [0.1, 0.15) is 0 Å². The summed E-state index contributed by atoms with van der Waals surface area (Å²) in [5.74, 6) is -0.976. The first-order valence-electron chi connectivity index (χ1n) is 15.6. The van der Waals surface area contributed by atoms with Crippen molar-refractivity contribution in [1.82, 2.24) is 10.5 Å². The highest BCUT2D eigenvalue weighted by atomic mass is 32.1. The predicted molar refractivity (Wildman–Crippen MR) is 184 cm³/mol. The molecule has 3 aromatic carbocycles. The number of nitrogens with zero attached hydrogens (tertiary/aromatic N) is 2. The Morgan fingerprint density at radius 3 is 2.22 bits per heavy atom. The first-order valence-corrected chi connectivity index (χ1v) is 18.4. The van der Waals surface area contributed by atoms with Crippen LogP contribution in [0.2, 0.25) is 5.04 Å². The van der Waals surface area contributed by atoms with E-state index < -0.39 is 20.0 Å². The van der Waals surface area contributed by atoms with Gasteiger partial charge in [0.15, 0.2) is 11.5 Å². The van der Waals surface area contributed by atoms with E-state index in [1.54, 1.807) is 11.3 Å². The summed E-state index contributed by atoms with van der Waals surface area (Å²) >= 11 is 1.55. The van der Waals surface area contributed by atoms with E-state index in [1.165, 1.54) is 0 Å². The lowest BCUT2D eigenvalue weighted by Gasteiger charge is -2.43. The van der Waals surface area contributed by atoms with E-state index >= 15 is 4.39 Å². The van der Waals surface area contributed by atoms with E-state index in [-0.39, 0.29) is 35.1 Å². The molecule has 3 heterocycles. The van der Waals surface area contributed by atoms with Gasteiger partial charge in [-0.05, 0) is 46.8 Å². The van der Waals surface area contributed by atoms with Gasteiger partial charge in [-0.25, -0.2) is 4.39 Å². The Morgan fingerprint density at radius 1 is 1.02 bits per heavy atom. The number of rotatable bonds is 9. The number of fused-ring (bicyclic) bond motifs is 1. The maximum atomic E-state index is 16.8. The fourth-order valence-corrected chi connectivity index (χ4v) is 11.8. The number of carbonyl (C=O) groups excluding carboxylic acids is 1. The molecule has 5 aromatic rings. The molecule has 1 N–H and O–H groups in total. The maximum absolute atomic E-state index is 16.8. The molecule has 240 valence electrons. The lowest BCUT2D eigenvalue weighted by atomic mass is 10.0. The van der Waals surface area contributed by atoms with Crippen LogP contribution in [0.15, 0.2) is 88.8 Å². The van der Waals surface area contributed by atoms with Crippen molar-refractivity contribution in [1.29, 1.82) is 0 Å². The molecule has 1 fully saturated rings. The average Bonchev–Trinajstić information content (AvgIpc) is 3.71. The fraction of sp³-hybridized carbons (Fsp3) is 0.333. The number of morpholine rings is 1. The Labute approximate surface area is 274 Å². The van der Waals surface area contributed by atoms with Gasteiger partial charge in [0.25, 0.3) is 14.2 Å². The van der Waals surface area contributed by atoms with Crippen LogP contribution in [0.4, 0.5) is 10.1 Å². The highest BCUT2D eigenvalue weighted by Gasteiger charge is 2.50. The molecule has 7 nitrogen and oxygen atoms in total. The van der Waals surface area contributed by atoms with Crippen LogP contribution in [0, 0.1) is 5.82 Å². The number of benzene rings is 3. The third kappa shape index (κ3) is 6.14. The molecule has 6 rings (SSSR count). The standard InChI is InChI=1S/C36H40FN3O4SSi/c1-24-21-40(22-25(2)43-24)33-26(19-30-32(39-44-34(30)31(33)37)35(41)38-20-27-13-12-18-45-27)23-42-46(36(3,4)5,28-14-8-6-9-15-28)29-16-10-7-11-17-29/h6-19,24-25H,20-23H2,1-5H3,(H,38,41)/t24-,25+. The zero-order chi connectivity index (χ0) is 32.5. The largest absolute Gasteiger partial charge is 0.403 e. The van der Waals surface area contributed by atoms with Gasteiger partial charge in [0, 0.05) is 23.5 Å². The van der Waals surface area contributed by atoms with Gasteiger partial charge >= 0.3 is 0 Å². The monoisotopic (exact) mass is 657 g/mol. The molecule has 1 saturated heterocycles. The molecule has 46 heavy (non-hydrogen) atoms. The molecular weight excluding hydrogens is 618 g/mol. The van der Waals surface area contributed by atoms with Crippen LogP contribution in [0.5, 0.6) is 0 Å². The minimum Gasteiger partial charge on any atom is -0.403 e. The van der Waals surface area contributed by atoms with Crippen molar-refractivity contribution in [3.63, 3.8) is 0 Å². The van der Waals surface area contributed by atoms with Gasteiger partial charge in [-0.3, -0.25) is 4.79 Å². The minimum atomic E-state index is -2.96. The van der Waals surface area contributed by atoms with Crippen LogP contribution in [0.1, 0.15) is 55.5 Å². The van der Waals surface area contributed by atoms with Crippen LogP contribution in [-0.2, 0) is 22.3 Å². The number of halogens is 1. The van der Waals surface area contributed by atoms with E-state index in [9.17, 15) is 4.79 Å². The normalized spacial score (nSPS) is 17.4. The van der Waals surface area contributed by atoms with Gasteiger partial charge in [-0.2, -0.15) is 0 Å². The lowest BCUT2D eigenvalue weighted by Crippen LogP contribution is -2.66. The topological polar surface area (TPSA) is 76.8 Å². The Kier molecular flexibility index (Phi) is 9.16. The van der Waals surface area contributed by atoms with Gasteiger partial charge in [0.2, 0.25) is 5.58 Å². The Balaban J connectivity index is 1.47. The molecule has 0 saturated carbocycles. The summed E-state index contributed by atoms with van der Waals surface area (Å²) in [5.41, 5.74) is 1.04. The van der Waals surface area contributed by atoms with Crippen molar-refractivity contribution in [2.24, 2.45) is 0 Å². The summed E-state index contributed by atoms with van der Waals surface area (Å²) in [6, 6.07) is 26.4. The van der Waals surface area contributed by atoms with E-state index in [0.29, 0.717) is 36.3 Å². The fourth-order valence-electron chi connectivity index (χ4n) is 6.67. The Morgan fingerprint density at radius 2 is 1.65 bits per heavy atom. The summed E-state index contributed by atoms with van der Waals surface area (Å²) < 4.78 is 35.6. The molecule has 1 amide bonds. The molecule has 0 aliphatic carbocycles. The van der Waals surface area contributed by atoms with Crippen LogP contribution in [-0.4, -0.2) is 44.7 Å². The molecule has 0 unspecified atom stereocenters. The summed E-state index contributed by atoms with van der Waals surface area (Å²) in [7, 11) is -2.96. The van der Waals surface area contributed by atoms with Crippen molar-refractivity contribution in [2.45, 2.75) is 65.0 Å². The van der Waals surface area contributed by atoms with Crippen LogP contribution in [0.25, 0.3) is 11.0 Å². The number of ether oxygens (including phenoxy) is 1. The van der Waals surface area contributed by atoms with E-state index in [1.807, 2.05) is 78.7 Å². The SMILES string of the molecule is C[C@@H]1CN(c2c(CO[Si](c3ccccc3)(c3ccccc3)C(C)(C)C)cc3c(C(=O)NCc4cccs4)noc3c2F)C[C@H](C)O1. The van der Waals surface area contributed by atoms with Crippen LogP contribution >= 0.6 is 11.3 Å². The maximum Gasteiger partial charge on any atom is 0.274 e. The second kappa shape index (κ2) is 13.1. The van der Waals surface area contributed by atoms with E-state index in [0.717, 1.165) is 15.3 Å². The summed E-state index contributed by atoms with van der Waals surface area (Å²) in [6.07, 6.45) is -0.199. The zero-order valence-corrected chi connectivity index (χ0v) is 28.7. The number of hydrogen-bond donors (Lipinski definition) is 1. The molecule has 0 bridgehead atoms. The highest BCUT2D eigenvalue weighted by molar-refractivity contribution is 7.09. The van der Waals surface area contributed by atoms with Crippen molar-refractivity contribution in [2.75, 3.05) is 18.0 Å². The molecule has 1 aliphatic rings. The first-order chi connectivity index (χ1) is 22.1. The number of carbonyl (C=O) groups is 1. The summed E-state index contributed by atoms with van der Waals surface area (Å²) in [4.78, 5) is 16.3. The van der Waals surface area contributed by atoms with Crippen molar-refractivity contribution in [3.8, 4) is 0 Å². The van der Waals surface area contributed by atoms with Crippen molar-refractivity contribution >= 4 is 52.6 Å². The number of anilines is 1. The van der Waals surface area contributed by atoms with Gasteiger partial charge in [0.05, 0.1) is 36.4 Å². The molecule has 1 aliphatic heterocycles. The van der Waals surface area contributed by atoms with Gasteiger partial charge < -0.3 is 23.9 Å². The smallest absolute Gasteiger partial charge is 0.274 e. The lowest BCUT2D eigenvalue weighted by molar-refractivity contribution is -0.00549. The predicted octanol–water partition coefficient (Wildman–Crippen LogP) is 6.65. The third-order valence-corrected chi connectivity index (χ3v) is 14.4. The van der Waals surface area contributed by atoms with Gasteiger partial charge in [-0.1, -0.05) is 92.7 Å². The van der Waals surface area contributed by atoms with Crippen molar-refractivity contribution < 1.29 is 22.9 Å². The molecule has 10 heteroatoms. The Hall–Kier alpha value is -3.83. The average molecular weight is 658 g/mol. The Bertz CT molecular complexity index is 1740. The summed E-state index contributed by atoms with van der Waals surface area (Å²) in [5, 5.41) is 11.2. The number of hydrogen-bond acceptors (Lipinski definition) is 7. The third-order valence-electron chi connectivity index (χ3n) is 8.57. The minimum absolute atomic E-state index is 0.0442. The molecule has 0 radical (unpaired) electrons. The summed E-state index contributed by atoms with van der Waals surface area (Å²) in [6.45, 7) is 12.1. The van der Waals surface area contributed by atoms with Crippen LogP contribution < -0.4 is 20.6 Å². The number of aromatic nitrogens is 1. The molecular formula is C36H40FN3O4SSi. The highest BCUT2D eigenvalue weighted by Crippen LogP contribution is 2.40. The van der Waals surface area contributed by atoms with Crippen LogP contribution in [0.3, 0.4) is 0 Å².